The zero-order chi connectivity index (χ0) is 25.1. The molecule has 180 valence electrons. The van der Waals surface area contributed by atoms with Crippen LogP contribution in [0.15, 0.2) is 74.4 Å². The molecule has 0 fully saturated rings. The lowest BCUT2D eigenvalue weighted by atomic mass is 10.2. The lowest BCUT2D eigenvalue weighted by Crippen LogP contribution is -2.27. The number of hydrogen-bond acceptors (Lipinski definition) is 3. The average molecular weight is 612 g/mol. The van der Waals surface area contributed by atoms with Crippen LogP contribution in [-0.4, -0.2) is 28.5 Å². The molecule has 0 aliphatic carbocycles. The van der Waals surface area contributed by atoms with Gasteiger partial charge in [-0.3, -0.25) is 9.36 Å². The predicted octanol–water partition coefficient (Wildman–Crippen LogP) is 7.26. The first-order valence-electron chi connectivity index (χ1n) is 9.42. The van der Waals surface area contributed by atoms with Gasteiger partial charge in [0.2, 0.25) is 5.88 Å². The summed E-state index contributed by atoms with van der Waals surface area (Å²) in [6.07, 6.45) is -8.77. The Bertz CT molecular complexity index is 1370. The molecule has 0 aliphatic heterocycles. The van der Waals surface area contributed by atoms with Gasteiger partial charge >= 0.3 is 12.4 Å². The van der Waals surface area contributed by atoms with E-state index in [1.807, 2.05) is 12.1 Å². The van der Waals surface area contributed by atoms with Gasteiger partial charge in [0.25, 0.3) is 5.56 Å². The van der Waals surface area contributed by atoms with Crippen molar-refractivity contribution < 1.29 is 31.1 Å². The minimum Gasteiger partial charge on any atom is -0.468 e. The van der Waals surface area contributed by atoms with Crippen molar-refractivity contribution in [2.24, 2.45) is 0 Å². The molecule has 2 aromatic heterocycles. The molecular weight excluding hydrogens is 598 g/mol. The van der Waals surface area contributed by atoms with Gasteiger partial charge in [-0.2, -0.15) is 26.3 Å². The van der Waals surface area contributed by atoms with Gasteiger partial charge in [-0.25, -0.2) is 4.98 Å². The van der Waals surface area contributed by atoms with E-state index in [4.69, 9.17) is 0 Å². The fraction of sp³-hybridized carbons (Fsp3) is 0.182. The van der Waals surface area contributed by atoms with Gasteiger partial charge < -0.3 is 4.74 Å². The van der Waals surface area contributed by atoms with Crippen LogP contribution in [-0.2, 0) is 6.54 Å². The number of benzene rings is 2. The van der Waals surface area contributed by atoms with E-state index in [-0.39, 0.29) is 11.4 Å². The highest BCUT2D eigenvalue weighted by molar-refractivity contribution is 9.10. The van der Waals surface area contributed by atoms with E-state index < -0.39 is 31.1 Å². The van der Waals surface area contributed by atoms with Crippen molar-refractivity contribution in [1.29, 1.82) is 0 Å². The molecule has 0 saturated heterocycles. The van der Waals surface area contributed by atoms with E-state index in [0.717, 1.165) is 20.5 Å². The number of fused-ring (bicyclic) bond motifs is 2. The van der Waals surface area contributed by atoms with Crippen LogP contribution >= 0.6 is 31.9 Å². The molecule has 0 bridgehead atoms. The number of aromatic nitrogens is 2. The monoisotopic (exact) mass is 610 g/mol. The van der Waals surface area contributed by atoms with Gasteiger partial charge in [-0.05, 0) is 41.8 Å². The number of alkyl halides is 6. The average Bonchev–Trinajstić information content (AvgIpc) is 2.73. The maximum Gasteiger partial charge on any atom is 0.422 e. The van der Waals surface area contributed by atoms with Gasteiger partial charge in [-0.1, -0.05) is 44.0 Å². The molecule has 2 heterocycles. The van der Waals surface area contributed by atoms with Crippen molar-refractivity contribution in [3.05, 3.63) is 80.0 Å². The number of rotatable bonds is 3. The SMILES string of the molecule is FC(F)(F)COc1ccc2ccc(Br)cc2n1.O=c1ccc2ccc(Br)cc2n1CC(F)(F)F. The number of halogens is 8. The maximum absolute atomic E-state index is 12.4. The van der Waals surface area contributed by atoms with Crippen LogP contribution in [0.1, 0.15) is 0 Å². The molecule has 0 atom stereocenters. The van der Waals surface area contributed by atoms with Crippen molar-refractivity contribution in [1.82, 2.24) is 9.55 Å². The molecule has 0 N–H and O–H groups in total. The molecule has 0 unspecified atom stereocenters. The molecular formula is C22H14Br2F6N2O2. The van der Waals surface area contributed by atoms with Gasteiger partial charge in [0, 0.05) is 26.5 Å². The molecule has 0 spiro atoms. The molecule has 2 aromatic carbocycles. The van der Waals surface area contributed by atoms with Crippen molar-refractivity contribution in [3.63, 3.8) is 0 Å². The second-order valence-corrected chi connectivity index (χ2v) is 8.80. The van der Waals surface area contributed by atoms with Gasteiger partial charge in [0.15, 0.2) is 6.61 Å². The molecule has 0 saturated carbocycles. The normalized spacial score (nSPS) is 11.9. The summed E-state index contributed by atoms with van der Waals surface area (Å²) in [7, 11) is 0. The summed E-state index contributed by atoms with van der Waals surface area (Å²) in [5.41, 5.74) is 0.191. The van der Waals surface area contributed by atoms with E-state index in [2.05, 4.69) is 41.6 Å². The van der Waals surface area contributed by atoms with E-state index in [0.29, 0.717) is 15.4 Å². The highest BCUT2D eigenvalue weighted by Crippen LogP contribution is 2.24. The van der Waals surface area contributed by atoms with Gasteiger partial charge in [0.05, 0.1) is 11.0 Å². The number of pyridine rings is 2. The van der Waals surface area contributed by atoms with Crippen LogP contribution in [0.4, 0.5) is 26.3 Å². The Morgan fingerprint density at radius 2 is 1.38 bits per heavy atom. The van der Waals surface area contributed by atoms with E-state index in [1.54, 1.807) is 24.3 Å². The van der Waals surface area contributed by atoms with E-state index in [1.165, 1.54) is 18.2 Å². The standard InChI is InChI=1S/2C11H7BrF3NO/c12-8-3-1-7-2-4-10(16-9(7)5-8)17-6-11(13,14)15;12-8-3-1-7-2-4-10(17)16(9(7)5-8)6-11(13,14)15/h2*1-5H,6H2. The lowest BCUT2D eigenvalue weighted by Gasteiger charge is -2.12. The van der Waals surface area contributed by atoms with Crippen molar-refractivity contribution in [2.45, 2.75) is 18.9 Å². The van der Waals surface area contributed by atoms with Gasteiger partial charge in [0.1, 0.15) is 6.54 Å². The largest absolute Gasteiger partial charge is 0.468 e. The third-order valence-corrected chi connectivity index (χ3v) is 5.29. The minimum absolute atomic E-state index is 0.0343. The summed E-state index contributed by atoms with van der Waals surface area (Å²) in [5.74, 6) is -0.0343. The smallest absolute Gasteiger partial charge is 0.422 e. The Kier molecular flexibility index (Phi) is 7.91. The lowest BCUT2D eigenvalue weighted by molar-refractivity contribution is -0.154. The van der Waals surface area contributed by atoms with Crippen molar-refractivity contribution >= 4 is 53.7 Å². The molecule has 4 aromatic rings. The first-order chi connectivity index (χ1) is 15.8. The maximum atomic E-state index is 12.4. The summed E-state index contributed by atoms with van der Waals surface area (Å²) in [4.78, 5) is 15.5. The molecule has 34 heavy (non-hydrogen) atoms. The molecule has 0 radical (unpaired) electrons. The first-order valence-corrected chi connectivity index (χ1v) is 11.0. The van der Waals surface area contributed by atoms with E-state index in [9.17, 15) is 31.1 Å². The second-order valence-electron chi connectivity index (χ2n) is 6.97. The Hall–Kier alpha value is -2.60. The number of nitrogens with zero attached hydrogens (tertiary/aromatic N) is 2. The molecule has 4 nitrogen and oxygen atoms in total. The Labute approximate surface area is 205 Å². The summed E-state index contributed by atoms with van der Waals surface area (Å²) in [6.45, 7) is -2.61. The second kappa shape index (κ2) is 10.3. The number of ether oxygens (including phenoxy) is 1. The Balaban J connectivity index is 0.000000191. The summed E-state index contributed by atoms with van der Waals surface area (Å²) in [5, 5.41) is 1.43. The molecule has 0 aliphatic rings. The number of hydrogen-bond donors (Lipinski definition) is 0. The van der Waals surface area contributed by atoms with Crippen molar-refractivity contribution in [2.75, 3.05) is 6.61 Å². The summed E-state index contributed by atoms with van der Waals surface area (Å²) in [6, 6.07) is 16.0. The fourth-order valence-corrected chi connectivity index (χ4v) is 3.61. The zero-order valence-corrected chi connectivity index (χ0v) is 20.1. The quantitative estimate of drug-likeness (QED) is 0.229. The van der Waals surface area contributed by atoms with Crippen LogP contribution in [0.25, 0.3) is 21.8 Å². The predicted molar refractivity (Wildman–Crippen MR) is 123 cm³/mol. The zero-order valence-electron chi connectivity index (χ0n) is 16.9. The Morgan fingerprint density at radius 3 is 2.03 bits per heavy atom. The third-order valence-electron chi connectivity index (χ3n) is 4.30. The molecule has 0 amide bonds. The van der Waals surface area contributed by atoms with Gasteiger partial charge in [-0.15, -0.1) is 0 Å². The third kappa shape index (κ3) is 7.45. The Morgan fingerprint density at radius 1 is 0.794 bits per heavy atom. The fourth-order valence-electron chi connectivity index (χ4n) is 2.91. The molecule has 4 rings (SSSR count). The van der Waals surface area contributed by atoms with Crippen LogP contribution in [0.2, 0.25) is 0 Å². The highest BCUT2D eigenvalue weighted by atomic mass is 79.9. The van der Waals surface area contributed by atoms with Crippen LogP contribution in [0.5, 0.6) is 5.88 Å². The first kappa shape index (κ1) is 26.0. The van der Waals surface area contributed by atoms with Crippen molar-refractivity contribution in [3.8, 4) is 5.88 Å². The topological polar surface area (TPSA) is 44.1 Å². The summed E-state index contributed by atoms with van der Waals surface area (Å²) < 4.78 is 79.7. The van der Waals surface area contributed by atoms with Crippen LogP contribution < -0.4 is 10.3 Å². The van der Waals surface area contributed by atoms with Crippen LogP contribution in [0.3, 0.4) is 0 Å². The van der Waals surface area contributed by atoms with Crippen LogP contribution in [0, 0.1) is 0 Å². The highest BCUT2D eigenvalue weighted by Gasteiger charge is 2.29. The molecule has 12 heteroatoms. The summed E-state index contributed by atoms with van der Waals surface area (Å²) >= 11 is 6.44. The van der Waals surface area contributed by atoms with E-state index >= 15 is 0 Å². The minimum atomic E-state index is -4.42.